The number of allylic oxidation sites excluding steroid dienone is 2. The first-order chi connectivity index (χ1) is 31.8. The van der Waals surface area contributed by atoms with Crippen molar-refractivity contribution >= 4 is 39.1 Å². The van der Waals surface area contributed by atoms with Crippen LogP contribution < -0.4 is 10.6 Å². The molecule has 66 heavy (non-hydrogen) atoms. The molecule has 0 unspecified atom stereocenters. The van der Waals surface area contributed by atoms with E-state index < -0.39 is 0 Å². The number of fused-ring (bicyclic) bond motifs is 1. The molecule has 9 rings (SSSR count). The highest BCUT2D eigenvalue weighted by atomic mass is 15.1. The number of anilines is 4. The fraction of sp³-hybridized carbons (Fsp3) is 0.219. The van der Waals surface area contributed by atoms with Crippen LogP contribution in [0.25, 0.3) is 49.7 Å². The van der Waals surface area contributed by atoms with Crippen LogP contribution in [0.5, 0.6) is 0 Å². The average Bonchev–Trinajstić information content (AvgIpc) is 3.30. The van der Waals surface area contributed by atoms with Gasteiger partial charge in [0.2, 0.25) is 0 Å². The Morgan fingerprint density at radius 1 is 0.545 bits per heavy atom. The zero-order chi connectivity index (χ0) is 46.3. The summed E-state index contributed by atoms with van der Waals surface area (Å²) >= 11 is 0. The molecule has 0 aliphatic heterocycles. The molecule has 2 heteroatoms. The summed E-state index contributed by atoms with van der Waals surface area (Å²) in [5.41, 5.74) is 31.4. The minimum absolute atomic E-state index is 0.0127. The number of terminal acetylenes is 1. The summed E-state index contributed by atoms with van der Waals surface area (Å²) in [6, 6.07) is 54.0. The smallest absolute Gasteiger partial charge is 0.0552 e. The lowest BCUT2D eigenvalue weighted by Crippen LogP contribution is -2.16. The molecule has 0 amide bonds. The lowest BCUT2D eigenvalue weighted by atomic mass is 9.83. The molecule has 0 radical (unpaired) electrons. The Hall–Kier alpha value is -7.08. The Balaban J connectivity index is 1.43. The van der Waals surface area contributed by atoms with Gasteiger partial charge >= 0.3 is 0 Å². The molecular weight excluding hydrogens is 797 g/mol. The van der Waals surface area contributed by atoms with Crippen LogP contribution in [0.1, 0.15) is 102 Å². The fourth-order valence-electron chi connectivity index (χ4n) is 10.2. The van der Waals surface area contributed by atoms with Crippen molar-refractivity contribution in [2.75, 3.05) is 10.6 Å². The summed E-state index contributed by atoms with van der Waals surface area (Å²) in [7, 11) is 0. The predicted octanol–water partition coefficient (Wildman–Crippen LogP) is 17.3. The predicted molar refractivity (Wildman–Crippen MR) is 285 cm³/mol. The molecule has 0 saturated carbocycles. The van der Waals surface area contributed by atoms with Gasteiger partial charge in [0.05, 0.1) is 5.69 Å². The summed E-state index contributed by atoms with van der Waals surface area (Å²) in [5.74, 6) is 3.09. The van der Waals surface area contributed by atoms with Gasteiger partial charge in [-0.25, -0.2) is 0 Å². The van der Waals surface area contributed by atoms with Crippen LogP contribution in [0, 0.1) is 47.0 Å². The maximum Gasteiger partial charge on any atom is 0.0552 e. The average molecular weight is 859 g/mol. The third kappa shape index (κ3) is 8.59. The molecule has 0 saturated heterocycles. The van der Waals surface area contributed by atoms with E-state index in [0.717, 1.165) is 97.3 Å². The number of hydrogen-bond donors (Lipinski definition) is 1. The molecule has 2 N–H and O–H groups in total. The van der Waals surface area contributed by atoms with Crippen LogP contribution in [0.2, 0.25) is 0 Å². The lowest BCUT2D eigenvalue weighted by molar-refractivity contribution is 0.590. The molecule has 8 aromatic rings. The molecule has 0 spiro atoms. The highest BCUT2D eigenvalue weighted by Gasteiger charge is 2.28. The van der Waals surface area contributed by atoms with E-state index in [1.54, 1.807) is 0 Å². The van der Waals surface area contributed by atoms with Gasteiger partial charge in [-0.2, -0.15) is 0 Å². The summed E-state index contributed by atoms with van der Waals surface area (Å²) in [5, 5.41) is 2.27. The molecule has 0 fully saturated rings. The normalized spacial score (nSPS) is 12.8. The molecule has 0 heterocycles. The third-order valence-corrected chi connectivity index (χ3v) is 13.9. The van der Waals surface area contributed by atoms with Crippen LogP contribution >= 0.6 is 0 Å². The highest BCUT2D eigenvalue weighted by molar-refractivity contribution is 6.05. The fourth-order valence-corrected chi connectivity index (χ4v) is 10.2. The first kappa shape index (κ1) is 44.1. The Morgan fingerprint density at radius 2 is 1.21 bits per heavy atom. The van der Waals surface area contributed by atoms with E-state index in [0.29, 0.717) is 0 Å². The van der Waals surface area contributed by atoms with Crippen LogP contribution in [0.4, 0.5) is 22.7 Å². The van der Waals surface area contributed by atoms with Gasteiger partial charge in [-0.05, 0) is 209 Å². The quantitative estimate of drug-likeness (QED) is 0.116. The Morgan fingerprint density at radius 3 is 1.88 bits per heavy atom. The maximum atomic E-state index is 7.28. The Kier molecular flexibility index (Phi) is 12.1. The number of nitrogen functional groups attached to an aromatic ring is 1. The number of nitrogens with zero attached hydrogens (tertiary/aromatic N) is 1. The Bertz CT molecular complexity index is 3200. The number of benzene rings is 8. The minimum Gasteiger partial charge on any atom is -0.398 e. The second kappa shape index (κ2) is 18.1. The van der Waals surface area contributed by atoms with Crippen molar-refractivity contribution in [1.29, 1.82) is 0 Å². The third-order valence-electron chi connectivity index (χ3n) is 13.9. The summed E-state index contributed by atoms with van der Waals surface area (Å²) in [4.78, 5) is 2.54. The van der Waals surface area contributed by atoms with E-state index in [1.807, 2.05) is 0 Å². The van der Waals surface area contributed by atoms with Gasteiger partial charge in [0.1, 0.15) is 0 Å². The van der Waals surface area contributed by atoms with E-state index in [-0.39, 0.29) is 5.41 Å². The highest BCUT2D eigenvalue weighted by Crippen LogP contribution is 2.51. The second-order valence-corrected chi connectivity index (χ2v) is 19.7. The van der Waals surface area contributed by atoms with Gasteiger partial charge in [0.15, 0.2) is 0 Å². The molecule has 0 atom stereocenters. The van der Waals surface area contributed by atoms with Crippen molar-refractivity contribution in [3.05, 3.63) is 207 Å². The van der Waals surface area contributed by atoms with Crippen LogP contribution in [0.3, 0.4) is 0 Å². The van der Waals surface area contributed by atoms with Crippen molar-refractivity contribution in [1.82, 2.24) is 0 Å². The molecular formula is C64H62N2. The van der Waals surface area contributed by atoms with Gasteiger partial charge in [-0.1, -0.05) is 130 Å². The number of hydrogen-bond acceptors (Lipinski definition) is 2. The van der Waals surface area contributed by atoms with Crippen molar-refractivity contribution in [3.8, 4) is 45.7 Å². The number of rotatable bonds is 9. The van der Waals surface area contributed by atoms with E-state index >= 15 is 0 Å². The zero-order valence-corrected chi connectivity index (χ0v) is 40.1. The van der Waals surface area contributed by atoms with Gasteiger partial charge in [-0.3, -0.25) is 0 Å². The molecule has 1 aliphatic carbocycles. The van der Waals surface area contributed by atoms with Crippen LogP contribution in [0.15, 0.2) is 152 Å². The standard InChI is InChI=1S/C64H62N2/c1-10-46-33-45(6)60(39-53(46)35-49-24-15-14-19-41(49)2)66(59-32-29-52(34-44(59)5)47-22-12-11-13-23-47)61-40-54(62-42(3)20-18-21-43(62)4)37-57(56-36-50-25-16-17-26-51(50)38-58(56)65)63(61)48-27-30-55(31-28-48)64(7,8)9/h1,14-22,24-34,36-40H,11-13,23,35,65H2,2-9H3. The lowest BCUT2D eigenvalue weighted by Gasteiger charge is -2.33. The molecule has 1 aliphatic rings. The van der Waals surface area contributed by atoms with Gasteiger partial charge < -0.3 is 10.6 Å². The largest absolute Gasteiger partial charge is 0.398 e. The van der Waals surface area contributed by atoms with E-state index in [2.05, 4.69) is 218 Å². The zero-order valence-electron chi connectivity index (χ0n) is 40.1. The minimum atomic E-state index is -0.0127. The van der Waals surface area contributed by atoms with E-state index in [1.165, 1.54) is 62.9 Å². The van der Waals surface area contributed by atoms with Crippen LogP contribution in [-0.4, -0.2) is 0 Å². The van der Waals surface area contributed by atoms with Gasteiger partial charge in [0.25, 0.3) is 0 Å². The Labute approximate surface area is 393 Å². The molecule has 0 bridgehead atoms. The first-order valence-electron chi connectivity index (χ1n) is 23.7. The van der Waals surface area contributed by atoms with Crippen molar-refractivity contribution < 1.29 is 0 Å². The topological polar surface area (TPSA) is 29.3 Å². The number of nitrogens with two attached hydrogens (primary N) is 1. The SMILES string of the molecule is C#Cc1cc(C)c(N(c2ccc(C3=CCCCC3)cc2C)c2cc(-c3c(C)cccc3C)cc(-c3cc4ccccc4cc3N)c2-c2ccc(C(C)(C)C)cc2)cc1Cc1ccccc1C. The summed E-state index contributed by atoms with van der Waals surface area (Å²) in [6.45, 7) is 18.0. The van der Waals surface area contributed by atoms with E-state index in [9.17, 15) is 0 Å². The summed E-state index contributed by atoms with van der Waals surface area (Å²) < 4.78 is 0. The van der Waals surface area contributed by atoms with Crippen molar-refractivity contribution in [3.63, 3.8) is 0 Å². The van der Waals surface area contributed by atoms with E-state index in [4.69, 9.17) is 12.2 Å². The van der Waals surface area contributed by atoms with Crippen molar-refractivity contribution in [2.45, 2.75) is 92.9 Å². The van der Waals surface area contributed by atoms with Crippen molar-refractivity contribution in [2.24, 2.45) is 0 Å². The molecule has 0 aromatic heterocycles. The molecule has 8 aromatic carbocycles. The maximum absolute atomic E-state index is 7.28. The molecule has 2 nitrogen and oxygen atoms in total. The second-order valence-electron chi connectivity index (χ2n) is 19.7. The molecule has 328 valence electrons. The van der Waals surface area contributed by atoms with Crippen LogP contribution in [-0.2, 0) is 11.8 Å². The van der Waals surface area contributed by atoms with Gasteiger partial charge in [0, 0.05) is 33.8 Å². The monoisotopic (exact) mass is 858 g/mol. The summed E-state index contributed by atoms with van der Waals surface area (Å²) in [6.07, 6.45) is 14.3. The number of aryl methyl sites for hydroxylation is 5. The first-order valence-corrected chi connectivity index (χ1v) is 23.7. The van der Waals surface area contributed by atoms with Gasteiger partial charge in [-0.15, -0.1) is 6.42 Å².